The zero-order valence-corrected chi connectivity index (χ0v) is 10.1. The molecular weight excluding hydrogens is 261 g/mol. The average Bonchev–Trinajstić information content (AvgIpc) is 2.26. The number of aliphatic hydroxyl groups is 1. The number of aliphatic hydroxyl groups excluding tert-OH is 1. The van der Waals surface area contributed by atoms with Crippen molar-refractivity contribution in [3.05, 3.63) is 0 Å². The van der Waals surface area contributed by atoms with Crippen molar-refractivity contribution in [2.75, 3.05) is 19.8 Å². The lowest BCUT2D eigenvalue weighted by molar-refractivity contribution is -0.296. The van der Waals surface area contributed by atoms with Gasteiger partial charge in [-0.25, -0.2) is 0 Å². The van der Waals surface area contributed by atoms with Crippen molar-refractivity contribution in [2.45, 2.75) is 43.8 Å². The van der Waals surface area contributed by atoms with Crippen molar-refractivity contribution in [3.8, 4) is 0 Å². The molecule has 0 aliphatic rings. The van der Waals surface area contributed by atoms with Crippen LogP contribution in [0.1, 0.15) is 26.2 Å². The quantitative estimate of drug-likeness (QED) is 0.528. The van der Waals surface area contributed by atoms with Crippen LogP contribution < -0.4 is 5.73 Å². The summed E-state index contributed by atoms with van der Waals surface area (Å²) in [6.07, 6.45) is -4.63. The summed E-state index contributed by atoms with van der Waals surface area (Å²) >= 11 is 0. The molecule has 0 radical (unpaired) electrons. The van der Waals surface area contributed by atoms with E-state index in [0.29, 0.717) is 6.42 Å². The van der Waals surface area contributed by atoms with Crippen LogP contribution in [0.15, 0.2) is 0 Å². The van der Waals surface area contributed by atoms with E-state index in [1.54, 1.807) is 6.92 Å². The van der Waals surface area contributed by atoms with Gasteiger partial charge in [0.25, 0.3) is 0 Å². The summed E-state index contributed by atoms with van der Waals surface area (Å²) in [4.78, 5) is 0. The summed E-state index contributed by atoms with van der Waals surface area (Å²) in [5.74, 6) is -4.84. The first-order valence-corrected chi connectivity index (χ1v) is 5.50. The molecule has 3 N–H and O–H groups in total. The Morgan fingerprint density at radius 3 is 2.11 bits per heavy atom. The molecule has 110 valence electrons. The predicted octanol–water partition coefficient (Wildman–Crippen LogP) is 2.08. The van der Waals surface area contributed by atoms with Crippen LogP contribution in [0.5, 0.6) is 0 Å². The Balaban J connectivity index is 3.89. The fourth-order valence-corrected chi connectivity index (χ4v) is 1.18. The Bertz CT molecular complexity index is 241. The summed E-state index contributed by atoms with van der Waals surface area (Å²) in [6, 6.07) is 0. The van der Waals surface area contributed by atoms with Gasteiger partial charge < -0.3 is 15.6 Å². The fourth-order valence-electron chi connectivity index (χ4n) is 1.18. The minimum Gasteiger partial charge on any atom is -0.394 e. The monoisotopic (exact) mass is 279 g/mol. The molecule has 0 rings (SSSR count). The number of hydrogen-bond acceptors (Lipinski definition) is 3. The largest absolute Gasteiger partial charge is 0.455 e. The van der Waals surface area contributed by atoms with Crippen LogP contribution in [0, 0.1) is 0 Å². The molecule has 0 aromatic heterocycles. The van der Waals surface area contributed by atoms with Gasteiger partial charge in [0.15, 0.2) is 0 Å². The summed E-state index contributed by atoms with van der Waals surface area (Å²) in [5.41, 5.74) is 4.86. The number of halogens is 5. The fraction of sp³-hybridized carbons (Fsp3) is 1.00. The molecule has 0 aliphatic carbocycles. The Hall–Kier alpha value is -0.470. The van der Waals surface area contributed by atoms with Gasteiger partial charge in [-0.15, -0.1) is 0 Å². The first-order valence-electron chi connectivity index (χ1n) is 5.50. The van der Waals surface area contributed by atoms with Gasteiger partial charge in [0.05, 0.1) is 6.61 Å². The molecule has 0 fully saturated rings. The third kappa shape index (κ3) is 5.45. The molecule has 0 aliphatic heterocycles. The lowest BCUT2D eigenvalue weighted by atomic mass is 9.93. The van der Waals surface area contributed by atoms with E-state index in [0.717, 1.165) is 0 Å². The van der Waals surface area contributed by atoms with Crippen molar-refractivity contribution < 1.29 is 31.8 Å². The van der Waals surface area contributed by atoms with E-state index in [9.17, 15) is 22.0 Å². The maximum Gasteiger partial charge on any atom is 0.455 e. The van der Waals surface area contributed by atoms with Crippen LogP contribution in [0.25, 0.3) is 0 Å². The predicted molar refractivity (Wildman–Crippen MR) is 55.4 cm³/mol. The average molecular weight is 279 g/mol. The Morgan fingerprint density at radius 1 is 1.17 bits per heavy atom. The molecular formula is C10H18F5NO2. The number of alkyl halides is 5. The number of rotatable bonds is 8. The summed E-state index contributed by atoms with van der Waals surface area (Å²) in [5, 5.41) is 8.94. The van der Waals surface area contributed by atoms with Gasteiger partial charge in [-0.1, -0.05) is 6.92 Å². The third-order valence-electron chi connectivity index (χ3n) is 2.68. The molecule has 0 bridgehead atoms. The van der Waals surface area contributed by atoms with Crippen LogP contribution in [0.2, 0.25) is 0 Å². The van der Waals surface area contributed by atoms with E-state index >= 15 is 0 Å². The van der Waals surface area contributed by atoms with Gasteiger partial charge in [0.2, 0.25) is 0 Å². The van der Waals surface area contributed by atoms with Gasteiger partial charge in [0, 0.05) is 12.1 Å². The summed E-state index contributed by atoms with van der Waals surface area (Å²) in [7, 11) is 0. The first kappa shape index (κ1) is 17.5. The van der Waals surface area contributed by atoms with Gasteiger partial charge in [-0.05, 0) is 19.3 Å². The Labute approximate surface area is 102 Å². The van der Waals surface area contributed by atoms with Crippen LogP contribution in [-0.2, 0) is 4.74 Å². The van der Waals surface area contributed by atoms with Gasteiger partial charge in [-0.3, -0.25) is 0 Å². The molecule has 1 atom stereocenters. The van der Waals surface area contributed by atoms with Crippen LogP contribution in [-0.4, -0.2) is 42.6 Å². The van der Waals surface area contributed by atoms with E-state index in [1.807, 2.05) is 0 Å². The lowest BCUT2D eigenvalue weighted by Crippen LogP contribution is -2.43. The second-order valence-electron chi connectivity index (χ2n) is 4.23. The summed E-state index contributed by atoms with van der Waals surface area (Å²) < 4.78 is 64.4. The van der Waals surface area contributed by atoms with Crippen molar-refractivity contribution in [1.29, 1.82) is 0 Å². The number of nitrogens with two attached hydrogens (primary N) is 1. The van der Waals surface area contributed by atoms with Crippen LogP contribution >= 0.6 is 0 Å². The van der Waals surface area contributed by atoms with Crippen molar-refractivity contribution in [1.82, 2.24) is 0 Å². The third-order valence-corrected chi connectivity index (χ3v) is 2.68. The van der Waals surface area contributed by atoms with Crippen molar-refractivity contribution in [3.63, 3.8) is 0 Å². The molecule has 0 aromatic carbocycles. The van der Waals surface area contributed by atoms with E-state index in [4.69, 9.17) is 10.8 Å². The highest BCUT2D eigenvalue weighted by molar-refractivity contribution is 4.81. The highest BCUT2D eigenvalue weighted by Gasteiger charge is 2.57. The van der Waals surface area contributed by atoms with E-state index in [2.05, 4.69) is 4.74 Å². The van der Waals surface area contributed by atoms with Gasteiger partial charge >= 0.3 is 12.1 Å². The molecule has 0 heterocycles. The zero-order chi connectivity index (χ0) is 14.4. The molecule has 3 nitrogen and oxygen atoms in total. The normalized spacial score (nSPS) is 16.7. The van der Waals surface area contributed by atoms with Crippen LogP contribution in [0.3, 0.4) is 0 Å². The molecule has 0 aromatic rings. The standard InChI is InChI=1S/C10H18F5NO2/c1-2-8(16,6-17)4-3-5-18-7-9(11,12)10(13,14)15/h17H,2-7,16H2,1H3. The Kier molecular flexibility index (Phi) is 6.45. The Morgan fingerprint density at radius 2 is 1.72 bits per heavy atom. The SMILES string of the molecule is CCC(N)(CO)CCCOCC(F)(F)C(F)(F)F. The zero-order valence-electron chi connectivity index (χ0n) is 10.1. The molecule has 0 saturated carbocycles. The molecule has 0 spiro atoms. The van der Waals surface area contributed by atoms with Crippen LogP contribution in [0.4, 0.5) is 22.0 Å². The molecule has 8 heteroatoms. The van der Waals surface area contributed by atoms with Gasteiger partial charge in [0.1, 0.15) is 6.61 Å². The smallest absolute Gasteiger partial charge is 0.394 e. The lowest BCUT2D eigenvalue weighted by Gasteiger charge is -2.25. The van der Waals surface area contributed by atoms with Crippen molar-refractivity contribution >= 4 is 0 Å². The van der Waals surface area contributed by atoms with E-state index < -0.39 is 24.2 Å². The first-order chi connectivity index (χ1) is 8.08. The number of hydrogen-bond donors (Lipinski definition) is 2. The molecule has 18 heavy (non-hydrogen) atoms. The maximum absolute atomic E-state index is 12.4. The molecule has 0 amide bonds. The van der Waals surface area contributed by atoms with Crippen molar-refractivity contribution in [2.24, 2.45) is 5.73 Å². The topological polar surface area (TPSA) is 55.5 Å². The molecule has 1 unspecified atom stereocenters. The second-order valence-corrected chi connectivity index (χ2v) is 4.23. The highest BCUT2D eigenvalue weighted by atomic mass is 19.4. The highest BCUT2D eigenvalue weighted by Crippen LogP contribution is 2.35. The minimum atomic E-state index is -5.60. The van der Waals surface area contributed by atoms with Gasteiger partial charge in [-0.2, -0.15) is 22.0 Å². The number of ether oxygens (including phenoxy) is 1. The second kappa shape index (κ2) is 6.63. The van der Waals surface area contributed by atoms with E-state index in [1.165, 1.54) is 0 Å². The summed E-state index contributed by atoms with van der Waals surface area (Å²) in [6.45, 7) is -0.485. The maximum atomic E-state index is 12.4. The minimum absolute atomic E-state index is 0.207. The molecule has 0 saturated heterocycles. The van der Waals surface area contributed by atoms with E-state index in [-0.39, 0.29) is 26.1 Å².